The van der Waals surface area contributed by atoms with Gasteiger partial charge in [-0.3, -0.25) is 0 Å². The molecule has 0 bridgehead atoms. The van der Waals surface area contributed by atoms with Crippen molar-refractivity contribution in [3.8, 4) is 0 Å². The van der Waals surface area contributed by atoms with Crippen LogP contribution >= 0.6 is 11.3 Å². The highest BCUT2D eigenvalue weighted by Gasteiger charge is 2.25. The minimum absolute atomic E-state index is 0.291. The Balaban J connectivity index is 2.73. The summed E-state index contributed by atoms with van der Waals surface area (Å²) in [6.45, 7) is 7.28. The molecule has 2 N–H and O–H groups in total. The molecular weight excluding hydrogens is 192 g/mol. The van der Waals surface area contributed by atoms with E-state index >= 15 is 0 Å². The molecule has 80 valence electrons. The smallest absolute Gasteiger partial charge is 0.0896 e. The first-order valence-corrected chi connectivity index (χ1v) is 6.09. The van der Waals surface area contributed by atoms with Gasteiger partial charge in [-0.15, -0.1) is 11.3 Å². The average molecular weight is 212 g/mol. The molecule has 0 radical (unpaired) electrons. The summed E-state index contributed by atoms with van der Waals surface area (Å²) in [5.74, 6) is 0. The molecule has 0 fully saturated rings. The number of hydrogen-bond acceptors (Lipinski definition) is 3. The van der Waals surface area contributed by atoms with Gasteiger partial charge in [0.05, 0.1) is 5.01 Å². The summed E-state index contributed by atoms with van der Waals surface area (Å²) in [5, 5.41) is 1.15. The lowest BCUT2D eigenvalue weighted by Gasteiger charge is -2.29. The first-order chi connectivity index (χ1) is 6.65. The van der Waals surface area contributed by atoms with Crippen molar-refractivity contribution >= 4 is 11.3 Å². The van der Waals surface area contributed by atoms with Crippen molar-refractivity contribution in [3.63, 3.8) is 0 Å². The second kappa shape index (κ2) is 4.89. The van der Waals surface area contributed by atoms with Gasteiger partial charge in [0.1, 0.15) is 0 Å². The molecule has 0 saturated carbocycles. The summed E-state index contributed by atoms with van der Waals surface area (Å²) in [6, 6.07) is 0. The van der Waals surface area contributed by atoms with Crippen molar-refractivity contribution in [2.75, 3.05) is 6.54 Å². The number of aryl methyl sites for hydroxylation is 1. The van der Waals surface area contributed by atoms with E-state index in [0.717, 1.165) is 30.8 Å². The van der Waals surface area contributed by atoms with Crippen molar-refractivity contribution in [2.45, 2.75) is 40.0 Å². The highest BCUT2D eigenvalue weighted by molar-refractivity contribution is 7.11. The van der Waals surface area contributed by atoms with Crippen LogP contribution in [0.1, 0.15) is 36.6 Å². The third kappa shape index (κ3) is 2.55. The van der Waals surface area contributed by atoms with Gasteiger partial charge in [0, 0.05) is 11.1 Å². The molecule has 0 aromatic carbocycles. The molecule has 1 aromatic heterocycles. The Bertz CT molecular complexity index is 268. The third-order valence-corrected chi connectivity index (χ3v) is 4.06. The Morgan fingerprint density at radius 2 is 2.07 bits per heavy atom. The molecular formula is C11H20N2S. The first kappa shape index (κ1) is 11.7. The zero-order valence-electron chi connectivity index (χ0n) is 9.34. The summed E-state index contributed by atoms with van der Waals surface area (Å²) in [6.07, 6.45) is 5.38. The van der Waals surface area contributed by atoms with Crippen molar-refractivity contribution in [1.29, 1.82) is 0 Å². The number of hydrogen-bond donors (Lipinski definition) is 1. The fourth-order valence-electron chi connectivity index (χ4n) is 1.72. The maximum atomic E-state index is 5.87. The molecule has 0 saturated heterocycles. The van der Waals surface area contributed by atoms with E-state index in [0.29, 0.717) is 5.41 Å². The van der Waals surface area contributed by atoms with Gasteiger partial charge in [-0.25, -0.2) is 4.98 Å². The van der Waals surface area contributed by atoms with Gasteiger partial charge in [-0.1, -0.05) is 13.8 Å². The van der Waals surface area contributed by atoms with Crippen molar-refractivity contribution in [1.82, 2.24) is 4.98 Å². The van der Waals surface area contributed by atoms with Crippen LogP contribution in [0.5, 0.6) is 0 Å². The van der Waals surface area contributed by atoms with Crippen LogP contribution < -0.4 is 5.73 Å². The first-order valence-electron chi connectivity index (χ1n) is 5.27. The van der Waals surface area contributed by atoms with E-state index < -0.39 is 0 Å². The summed E-state index contributed by atoms with van der Waals surface area (Å²) < 4.78 is 0. The lowest BCUT2D eigenvalue weighted by Crippen LogP contribution is -2.31. The predicted octanol–water partition coefficient (Wildman–Crippen LogP) is 2.76. The van der Waals surface area contributed by atoms with Crippen LogP contribution in [-0.2, 0) is 6.42 Å². The van der Waals surface area contributed by atoms with Crippen LogP contribution in [0.15, 0.2) is 6.20 Å². The molecule has 0 unspecified atom stereocenters. The standard InChI is InChI=1S/C11H20N2S/c1-4-11(5-2,8-12)6-10-7-13-9(3)14-10/h7H,4-6,8,12H2,1-3H3. The number of nitrogens with zero attached hydrogens (tertiary/aromatic N) is 1. The molecule has 1 rings (SSSR count). The van der Waals surface area contributed by atoms with E-state index in [1.165, 1.54) is 4.88 Å². The van der Waals surface area contributed by atoms with Gasteiger partial charge in [0.25, 0.3) is 0 Å². The quantitative estimate of drug-likeness (QED) is 0.815. The Morgan fingerprint density at radius 1 is 1.43 bits per heavy atom. The molecule has 0 aliphatic carbocycles. The van der Waals surface area contributed by atoms with E-state index in [2.05, 4.69) is 25.8 Å². The van der Waals surface area contributed by atoms with Gasteiger partial charge in [0.15, 0.2) is 0 Å². The lowest BCUT2D eigenvalue weighted by atomic mass is 9.79. The van der Waals surface area contributed by atoms with E-state index in [1.807, 2.05) is 6.20 Å². The molecule has 0 amide bonds. The summed E-state index contributed by atoms with van der Waals surface area (Å²) in [5.41, 5.74) is 6.16. The second-order valence-corrected chi connectivity index (χ2v) is 5.25. The van der Waals surface area contributed by atoms with Crippen LogP contribution in [0.3, 0.4) is 0 Å². The summed E-state index contributed by atoms with van der Waals surface area (Å²) >= 11 is 1.79. The minimum Gasteiger partial charge on any atom is -0.330 e. The summed E-state index contributed by atoms with van der Waals surface area (Å²) in [7, 11) is 0. The van der Waals surface area contributed by atoms with Crippen molar-refractivity contribution in [2.24, 2.45) is 11.1 Å². The average Bonchev–Trinajstić information content (AvgIpc) is 2.61. The summed E-state index contributed by atoms with van der Waals surface area (Å²) in [4.78, 5) is 5.65. The van der Waals surface area contributed by atoms with Gasteiger partial charge in [-0.05, 0) is 38.1 Å². The van der Waals surface area contributed by atoms with Crippen LogP contribution in [0.25, 0.3) is 0 Å². The van der Waals surface area contributed by atoms with Crippen LogP contribution in [-0.4, -0.2) is 11.5 Å². The Hall–Kier alpha value is -0.410. The lowest BCUT2D eigenvalue weighted by molar-refractivity contribution is 0.273. The molecule has 2 nitrogen and oxygen atoms in total. The predicted molar refractivity (Wildman–Crippen MR) is 62.6 cm³/mol. The van der Waals surface area contributed by atoms with E-state index in [9.17, 15) is 0 Å². The number of aromatic nitrogens is 1. The minimum atomic E-state index is 0.291. The zero-order chi connectivity index (χ0) is 10.6. The topological polar surface area (TPSA) is 38.9 Å². The van der Waals surface area contributed by atoms with Crippen LogP contribution in [0.4, 0.5) is 0 Å². The van der Waals surface area contributed by atoms with Gasteiger partial charge < -0.3 is 5.73 Å². The van der Waals surface area contributed by atoms with Gasteiger partial charge in [-0.2, -0.15) is 0 Å². The van der Waals surface area contributed by atoms with Gasteiger partial charge >= 0.3 is 0 Å². The SMILES string of the molecule is CCC(CC)(CN)Cc1cnc(C)s1. The van der Waals surface area contributed by atoms with E-state index in [-0.39, 0.29) is 0 Å². The number of nitrogens with two attached hydrogens (primary N) is 1. The Morgan fingerprint density at radius 3 is 2.43 bits per heavy atom. The Labute approximate surface area is 90.6 Å². The maximum absolute atomic E-state index is 5.87. The number of thiazole rings is 1. The maximum Gasteiger partial charge on any atom is 0.0896 e. The molecule has 0 aliphatic rings. The molecule has 0 aliphatic heterocycles. The highest BCUT2D eigenvalue weighted by atomic mass is 32.1. The van der Waals surface area contributed by atoms with Crippen molar-refractivity contribution in [3.05, 3.63) is 16.1 Å². The van der Waals surface area contributed by atoms with Crippen LogP contribution in [0.2, 0.25) is 0 Å². The second-order valence-electron chi connectivity index (χ2n) is 3.93. The number of rotatable bonds is 5. The van der Waals surface area contributed by atoms with Gasteiger partial charge in [0.2, 0.25) is 0 Å². The fourth-order valence-corrected chi connectivity index (χ4v) is 2.69. The normalized spacial score (nSPS) is 12.0. The largest absolute Gasteiger partial charge is 0.330 e. The molecule has 1 heterocycles. The molecule has 1 aromatic rings. The van der Waals surface area contributed by atoms with Crippen LogP contribution in [0, 0.1) is 12.3 Å². The highest BCUT2D eigenvalue weighted by Crippen LogP contribution is 2.31. The van der Waals surface area contributed by atoms with Crippen molar-refractivity contribution < 1.29 is 0 Å². The third-order valence-electron chi connectivity index (χ3n) is 3.15. The molecule has 0 atom stereocenters. The van der Waals surface area contributed by atoms with E-state index in [1.54, 1.807) is 11.3 Å². The molecule has 0 spiro atoms. The Kier molecular flexibility index (Phi) is 4.08. The fraction of sp³-hybridized carbons (Fsp3) is 0.727. The monoisotopic (exact) mass is 212 g/mol. The molecule has 14 heavy (non-hydrogen) atoms. The van der Waals surface area contributed by atoms with E-state index in [4.69, 9.17) is 5.73 Å². The zero-order valence-corrected chi connectivity index (χ0v) is 10.2. The molecule has 3 heteroatoms.